The van der Waals surface area contributed by atoms with Crippen molar-refractivity contribution >= 4 is 17.7 Å². The minimum absolute atomic E-state index is 0.0349. The lowest BCUT2D eigenvalue weighted by Crippen LogP contribution is -2.29. The Morgan fingerprint density at radius 3 is 3.05 bits per heavy atom. The van der Waals surface area contributed by atoms with Crippen LogP contribution in [0, 0.1) is 11.8 Å². The molecule has 1 aromatic heterocycles. The summed E-state index contributed by atoms with van der Waals surface area (Å²) in [4.78, 5) is 15.9. The Balaban J connectivity index is 2.66. The Morgan fingerprint density at radius 2 is 2.37 bits per heavy atom. The number of carbonyl (C=O) groups is 1. The van der Waals surface area contributed by atoms with Gasteiger partial charge in [-0.1, -0.05) is 18.8 Å². The number of rotatable bonds is 5. The highest BCUT2D eigenvalue weighted by Gasteiger charge is 2.07. The van der Waals surface area contributed by atoms with Crippen molar-refractivity contribution in [3.8, 4) is 11.8 Å². The maximum Gasteiger partial charge on any atom is 0.252 e. The summed E-state index contributed by atoms with van der Waals surface area (Å²) >= 11 is 1.70. The molecule has 0 aromatic carbocycles. The molecule has 4 nitrogen and oxygen atoms in total. The summed E-state index contributed by atoms with van der Waals surface area (Å²) in [6, 6.07) is 1.70. The SMILES string of the molecule is CSC(C)CNC(=O)c1cncc(C#CCCO)c1. The van der Waals surface area contributed by atoms with Gasteiger partial charge in [0, 0.05) is 36.2 Å². The molecule has 0 saturated carbocycles. The van der Waals surface area contributed by atoms with Crippen molar-refractivity contribution in [2.45, 2.75) is 18.6 Å². The summed E-state index contributed by atoms with van der Waals surface area (Å²) < 4.78 is 0. The second-order valence-corrected chi connectivity index (χ2v) is 5.27. The van der Waals surface area contributed by atoms with Crippen molar-refractivity contribution in [3.05, 3.63) is 29.6 Å². The van der Waals surface area contributed by atoms with Gasteiger partial charge >= 0.3 is 0 Å². The van der Waals surface area contributed by atoms with E-state index in [-0.39, 0.29) is 12.5 Å². The fourth-order valence-corrected chi connectivity index (χ4v) is 1.52. The topological polar surface area (TPSA) is 62.2 Å². The zero-order valence-corrected chi connectivity index (χ0v) is 12.0. The third-order valence-corrected chi connectivity index (χ3v) is 3.39. The van der Waals surface area contributed by atoms with Gasteiger partial charge in [-0.2, -0.15) is 11.8 Å². The lowest BCUT2D eigenvalue weighted by Gasteiger charge is -2.09. The van der Waals surface area contributed by atoms with Crippen LogP contribution in [0.3, 0.4) is 0 Å². The minimum atomic E-state index is -0.140. The number of nitrogens with zero attached hydrogens (tertiary/aromatic N) is 1. The summed E-state index contributed by atoms with van der Waals surface area (Å²) in [5, 5.41) is 11.9. The number of hydrogen-bond donors (Lipinski definition) is 2. The van der Waals surface area contributed by atoms with E-state index in [0.717, 1.165) is 0 Å². The molecular weight excluding hydrogens is 260 g/mol. The smallest absolute Gasteiger partial charge is 0.252 e. The number of carbonyl (C=O) groups excluding carboxylic acids is 1. The molecule has 0 aliphatic rings. The number of nitrogens with one attached hydrogen (secondary N) is 1. The molecule has 1 amide bonds. The zero-order valence-electron chi connectivity index (χ0n) is 11.1. The van der Waals surface area contributed by atoms with Crippen LogP contribution in [0.2, 0.25) is 0 Å². The van der Waals surface area contributed by atoms with Gasteiger partial charge in [-0.15, -0.1) is 0 Å². The third-order valence-electron chi connectivity index (χ3n) is 2.42. The Bertz CT molecular complexity index is 480. The largest absolute Gasteiger partial charge is 0.395 e. The van der Waals surface area contributed by atoms with Crippen LogP contribution < -0.4 is 5.32 Å². The van der Waals surface area contributed by atoms with E-state index in [0.29, 0.717) is 29.3 Å². The first-order valence-corrected chi connectivity index (χ1v) is 7.32. The molecule has 5 heteroatoms. The monoisotopic (exact) mass is 278 g/mol. The van der Waals surface area contributed by atoms with Crippen molar-refractivity contribution in [2.24, 2.45) is 0 Å². The standard InChI is InChI=1S/C14H18N2O2S/c1-11(19-2)8-16-14(18)13-7-12(9-15-10-13)5-3-4-6-17/h7,9-11,17H,4,6,8H2,1-2H3,(H,16,18). The van der Waals surface area contributed by atoms with Gasteiger partial charge in [-0.3, -0.25) is 9.78 Å². The van der Waals surface area contributed by atoms with E-state index in [1.165, 1.54) is 6.20 Å². The maximum absolute atomic E-state index is 11.9. The minimum Gasteiger partial charge on any atom is -0.395 e. The quantitative estimate of drug-likeness (QED) is 0.797. The first-order chi connectivity index (χ1) is 9.17. The van der Waals surface area contributed by atoms with E-state index in [1.807, 2.05) is 6.26 Å². The molecule has 0 fully saturated rings. The van der Waals surface area contributed by atoms with Gasteiger partial charge in [0.1, 0.15) is 0 Å². The first-order valence-electron chi connectivity index (χ1n) is 6.03. The van der Waals surface area contributed by atoms with E-state index in [4.69, 9.17) is 5.11 Å². The predicted molar refractivity (Wildman–Crippen MR) is 78.1 cm³/mol. The Labute approximate surface area is 118 Å². The summed E-state index contributed by atoms with van der Waals surface area (Å²) in [6.45, 7) is 2.72. The molecule has 0 spiro atoms. The summed E-state index contributed by atoms with van der Waals surface area (Å²) in [6.07, 6.45) is 5.55. The van der Waals surface area contributed by atoms with Crippen LogP contribution in [-0.4, -0.2) is 40.7 Å². The van der Waals surface area contributed by atoms with Gasteiger partial charge in [0.05, 0.1) is 12.2 Å². The van der Waals surface area contributed by atoms with Crippen LogP contribution in [0.25, 0.3) is 0 Å². The number of aliphatic hydroxyl groups excluding tert-OH is 1. The third kappa shape index (κ3) is 5.77. The van der Waals surface area contributed by atoms with Crippen molar-refractivity contribution in [2.75, 3.05) is 19.4 Å². The second kappa shape index (κ2) is 8.57. The van der Waals surface area contributed by atoms with Crippen LogP contribution in [0.15, 0.2) is 18.5 Å². The number of hydrogen-bond acceptors (Lipinski definition) is 4. The lowest BCUT2D eigenvalue weighted by atomic mass is 10.2. The maximum atomic E-state index is 11.9. The van der Waals surface area contributed by atoms with Crippen molar-refractivity contribution in [3.63, 3.8) is 0 Å². The average Bonchev–Trinajstić information content (AvgIpc) is 2.45. The summed E-state index contributed by atoms with van der Waals surface area (Å²) in [7, 11) is 0. The second-order valence-electron chi connectivity index (χ2n) is 3.99. The molecule has 19 heavy (non-hydrogen) atoms. The summed E-state index contributed by atoms with van der Waals surface area (Å²) in [5.74, 6) is 5.52. The molecule has 0 bridgehead atoms. The molecule has 1 rings (SSSR count). The normalized spacial score (nSPS) is 11.3. The van der Waals surface area contributed by atoms with E-state index in [1.54, 1.807) is 24.0 Å². The fourth-order valence-electron chi connectivity index (χ4n) is 1.27. The van der Waals surface area contributed by atoms with Crippen LogP contribution in [0.1, 0.15) is 29.3 Å². The number of amides is 1. The predicted octanol–water partition coefficient (Wildman–Crippen LogP) is 1.30. The van der Waals surface area contributed by atoms with Gasteiger partial charge in [0.2, 0.25) is 0 Å². The number of aliphatic hydroxyl groups is 1. The average molecular weight is 278 g/mol. The van der Waals surface area contributed by atoms with Crippen LogP contribution in [0.4, 0.5) is 0 Å². The van der Waals surface area contributed by atoms with Gasteiger partial charge in [0.25, 0.3) is 5.91 Å². The number of thioether (sulfide) groups is 1. The van der Waals surface area contributed by atoms with E-state index in [9.17, 15) is 4.79 Å². The molecule has 1 aromatic rings. The Morgan fingerprint density at radius 1 is 1.58 bits per heavy atom. The van der Waals surface area contributed by atoms with Crippen molar-refractivity contribution in [1.29, 1.82) is 0 Å². The molecule has 0 radical (unpaired) electrons. The van der Waals surface area contributed by atoms with Gasteiger partial charge < -0.3 is 10.4 Å². The zero-order chi connectivity index (χ0) is 14.1. The molecule has 2 N–H and O–H groups in total. The molecule has 0 aliphatic carbocycles. The molecular formula is C14H18N2O2S. The fraction of sp³-hybridized carbons (Fsp3) is 0.429. The molecule has 0 aliphatic heterocycles. The van der Waals surface area contributed by atoms with Crippen molar-refractivity contribution in [1.82, 2.24) is 10.3 Å². The Kier molecular flexibility index (Phi) is 7.01. The highest BCUT2D eigenvalue weighted by atomic mass is 32.2. The van der Waals surface area contributed by atoms with E-state index >= 15 is 0 Å². The van der Waals surface area contributed by atoms with Crippen molar-refractivity contribution < 1.29 is 9.90 Å². The van der Waals surface area contributed by atoms with Crippen LogP contribution >= 0.6 is 11.8 Å². The number of pyridine rings is 1. The van der Waals surface area contributed by atoms with E-state index in [2.05, 4.69) is 29.1 Å². The van der Waals surface area contributed by atoms with Gasteiger partial charge in [0.15, 0.2) is 0 Å². The lowest BCUT2D eigenvalue weighted by molar-refractivity contribution is 0.0953. The van der Waals surface area contributed by atoms with Gasteiger partial charge in [-0.25, -0.2) is 0 Å². The van der Waals surface area contributed by atoms with E-state index < -0.39 is 0 Å². The molecule has 0 saturated heterocycles. The van der Waals surface area contributed by atoms with Crippen LogP contribution in [-0.2, 0) is 0 Å². The molecule has 1 heterocycles. The van der Waals surface area contributed by atoms with Gasteiger partial charge in [-0.05, 0) is 12.3 Å². The number of aromatic nitrogens is 1. The first kappa shape index (κ1) is 15.5. The molecule has 102 valence electrons. The van der Waals surface area contributed by atoms with Crippen LogP contribution in [0.5, 0.6) is 0 Å². The highest BCUT2D eigenvalue weighted by molar-refractivity contribution is 7.99. The molecule has 1 unspecified atom stereocenters. The molecule has 1 atom stereocenters. The highest BCUT2D eigenvalue weighted by Crippen LogP contribution is 2.05. The summed E-state index contributed by atoms with van der Waals surface area (Å²) in [5.41, 5.74) is 1.18. The Hall–Kier alpha value is -1.51.